The van der Waals surface area contributed by atoms with Crippen molar-refractivity contribution in [1.29, 1.82) is 0 Å². The van der Waals surface area contributed by atoms with Gasteiger partial charge in [-0.3, -0.25) is 0 Å². The van der Waals surface area contributed by atoms with Crippen LogP contribution >= 0.6 is 0 Å². The first-order valence-corrected chi connectivity index (χ1v) is 4.77. The van der Waals surface area contributed by atoms with Crippen molar-refractivity contribution in [3.63, 3.8) is 0 Å². The van der Waals surface area contributed by atoms with Crippen molar-refractivity contribution in [3.05, 3.63) is 48.3 Å². The maximum absolute atomic E-state index is 13.3. The highest BCUT2D eigenvalue weighted by Gasteiger charge is 2.01. The second kappa shape index (κ2) is 4.23. The van der Waals surface area contributed by atoms with Crippen LogP contribution in [-0.4, -0.2) is 16.1 Å². The third-order valence-corrected chi connectivity index (χ3v) is 2.18. The minimum atomic E-state index is -0.246. The summed E-state index contributed by atoms with van der Waals surface area (Å²) in [6.07, 6.45) is 5.76. The van der Waals surface area contributed by atoms with E-state index in [2.05, 4.69) is 4.98 Å². The normalized spacial score (nSPS) is 10.5. The van der Waals surface area contributed by atoms with Crippen molar-refractivity contribution in [3.8, 4) is 5.69 Å². The molecule has 2 N–H and O–H groups in total. The second-order valence-electron chi connectivity index (χ2n) is 3.33. The van der Waals surface area contributed by atoms with Crippen LogP contribution < -0.4 is 5.73 Å². The van der Waals surface area contributed by atoms with Gasteiger partial charge in [0.1, 0.15) is 5.82 Å². The first kappa shape index (κ1) is 9.86. The van der Waals surface area contributed by atoms with Gasteiger partial charge in [-0.1, -0.05) is 0 Å². The molecule has 1 aromatic heterocycles. The summed E-state index contributed by atoms with van der Waals surface area (Å²) in [6.45, 7) is 0.521. The number of halogens is 1. The monoisotopic (exact) mass is 205 g/mol. The molecule has 0 radical (unpaired) electrons. The fourth-order valence-corrected chi connectivity index (χ4v) is 1.51. The Balaban J connectivity index is 2.40. The number of nitrogens with zero attached hydrogens (tertiary/aromatic N) is 2. The van der Waals surface area contributed by atoms with Gasteiger partial charge in [-0.25, -0.2) is 9.37 Å². The van der Waals surface area contributed by atoms with Crippen molar-refractivity contribution in [1.82, 2.24) is 9.55 Å². The predicted molar refractivity (Wildman–Crippen MR) is 56.3 cm³/mol. The summed E-state index contributed by atoms with van der Waals surface area (Å²) < 4.78 is 15.0. The molecule has 0 aliphatic carbocycles. The Kier molecular flexibility index (Phi) is 2.78. The zero-order chi connectivity index (χ0) is 10.7. The van der Waals surface area contributed by atoms with Crippen LogP contribution in [0.3, 0.4) is 0 Å². The number of aromatic nitrogens is 2. The maximum atomic E-state index is 13.3. The molecule has 0 saturated carbocycles. The predicted octanol–water partition coefficient (Wildman–Crippen LogP) is 1.51. The Hall–Kier alpha value is -1.68. The third-order valence-electron chi connectivity index (χ3n) is 2.18. The van der Waals surface area contributed by atoms with Gasteiger partial charge in [0, 0.05) is 18.1 Å². The minimum Gasteiger partial charge on any atom is -0.330 e. The summed E-state index contributed by atoms with van der Waals surface area (Å²) >= 11 is 0. The zero-order valence-electron chi connectivity index (χ0n) is 8.23. The zero-order valence-corrected chi connectivity index (χ0v) is 8.23. The average molecular weight is 205 g/mol. The largest absolute Gasteiger partial charge is 0.330 e. The van der Waals surface area contributed by atoms with Gasteiger partial charge < -0.3 is 10.3 Å². The van der Waals surface area contributed by atoms with Crippen molar-refractivity contribution in [2.45, 2.75) is 6.42 Å². The lowest BCUT2D eigenvalue weighted by Crippen LogP contribution is -2.04. The lowest BCUT2D eigenvalue weighted by Gasteiger charge is -2.05. The SMILES string of the molecule is NCCc1cc(F)cc(-n2ccnc2)c1. The fraction of sp³-hybridized carbons (Fsp3) is 0.182. The van der Waals surface area contributed by atoms with E-state index in [0.29, 0.717) is 13.0 Å². The minimum absolute atomic E-state index is 0.246. The van der Waals surface area contributed by atoms with Crippen LogP contribution in [-0.2, 0) is 6.42 Å². The Morgan fingerprint density at radius 3 is 2.87 bits per heavy atom. The Bertz CT molecular complexity index is 437. The molecule has 0 spiro atoms. The van der Waals surface area contributed by atoms with Gasteiger partial charge in [0.25, 0.3) is 0 Å². The molecule has 0 amide bonds. The summed E-state index contributed by atoms with van der Waals surface area (Å²) in [6, 6.07) is 4.90. The standard InChI is InChI=1S/C11H12FN3/c12-10-5-9(1-2-13)6-11(7-10)15-4-3-14-8-15/h3-8H,1-2,13H2. The van der Waals surface area contributed by atoms with E-state index in [1.54, 1.807) is 23.3 Å². The van der Waals surface area contributed by atoms with E-state index in [-0.39, 0.29) is 5.82 Å². The summed E-state index contributed by atoms with van der Waals surface area (Å²) in [5, 5.41) is 0. The summed E-state index contributed by atoms with van der Waals surface area (Å²) in [5.74, 6) is -0.246. The molecule has 0 saturated heterocycles. The van der Waals surface area contributed by atoms with E-state index in [0.717, 1.165) is 11.3 Å². The van der Waals surface area contributed by atoms with Crippen LogP contribution in [0, 0.1) is 5.82 Å². The number of imidazole rings is 1. The molecular weight excluding hydrogens is 193 g/mol. The van der Waals surface area contributed by atoms with Crippen LogP contribution in [0.4, 0.5) is 4.39 Å². The van der Waals surface area contributed by atoms with Gasteiger partial charge >= 0.3 is 0 Å². The topological polar surface area (TPSA) is 43.8 Å². The van der Waals surface area contributed by atoms with Crippen LogP contribution in [0.2, 0.25) is 0 Å². The molecule has 1 aromatic carbocycles. The maximum Gasteiger partial charge on any atom is 0.125 e. The molecule has 0 bridgehead atoms. The molecule has 4 heteroatoms. The van der Waals surface area contributed by atoms with E-state index in [4.69, 9.17) is 5.73 Å². The molecule has 1 heterocycles. The van der Waals surface area contributed by atoms with E-state index in [9.17, 15) is 4.39 Å². The van der Waals surface area contributed by atoms with Gasteiger partial charge in [-0.05, 0) is 36.7 Å². The Morgan fingerprint density at radius 1 is 1.33 bits per heavy atom. The van der Waals surface area contributed by atoms with Crippen molar-refractivity contribution in [2.75, 3.05) is 6.54 Å². The van der Waals surface area contributed by atoms with E-state index < -0.39 is 0 Å². The van der Waals surface area contributed by atoms with Gasteiger partial charge in [-0.15, -0.1) is 0 Å². The number of nitrogens with two attached hydrogens (primary N) is 1. The highest BCUT2D eigenvalue weighted by atomic mass is 19.1. The molecule has 78 valence electrons. The highest BCUT2D eigenvalue weighted by molar-refractivity contribution is 5.36. The fourth-order valence-electron chi connectivity index (χ4n) is 1.51. The van der Waals surface area contributed by atoms with Crippen molar-refractivity contribution < 1.29 is 4.39 Å². The van der Waals surface area contributed by atoms with Crippen LogP contribution in [0.1, 0.15) is 5.56 Å². The summed E-state index contributed by atoms with van der Waals surface area (Å²) in [4.78, 5) is 3.92. The van der Waals surface area contributed by atoms with Crippen molar-refractivity contribution >= 4 is 0 Å². The first-order valence-electron chi connectivity index (χ1n) is 4.77. The summed E-state index contributed by atoms with van der Waals surface area (Å²) in [7, 11) is 0. The average Bonchev–Trinajstić information content (AvgIpc) is 2.70. The number of hydrogen-bond acceptors (Lipinski definition) is 2. The van der Waals surface area contributed by atoms with Gasteiger partial charge in [0.2, 0.25) is 0 Å². The molecule has 0 fully saturated rings. The lowest BCUT2D eigenvalue weighted by atomic mass is 10.1. The van der Waals surface area contributed by atoms with E-state index >= 15 is 0 Å². The van der Waals surface area contributed by atoms with Gasteiger partial charge in [0.15, 0.2) is 0 Å². The van der Waals surface area contributed by atoms with Gasteiger partial charge in [0.05, 0.1) is 6.33 Å². The number of hydrogen-bond donors (Lipinski definition) is 1. The molecule has 2 aromatic rings. The Labute approximate surface area is 87.4 Å². The molecule has 2 rings (SSSR count). The molecular formula is C11H12FN3. The van der Waals surface area contributed by atoms with Crippen LogP contribution in [0.5, 0.6) is 0 Å². The van der Waals surface area contributed by atoms with Crippen LogP contribution in [0.25, 0.3) is 5.69 Å². The molecule has 3 nitrogen and oxygen atoms in total. The number of rotatable bonds is 3. The molecule has 0 aliphatic heterocycles. The third kappa shape index (κ3) is 2.22. The quantitative estimate of drug-likeness (QED) is 0.825. The van der Waals surface area contributed by atoms with Gasteiger partial charge in [-0.2, -0.15) is 0 Å². The Morgan fingerprint density at radius 2 is 2.20 bits per heavy atom. The first-order chi connectivity index (χ1) is 7.29. The highest BCUT2D eigenvalue weighted by Crippen LogP contribution is 2.13. The smallest absolute Gasteiger partial charge is 0.125 e. The second-order valence-corrected chi connectivity index (χ2v) is 3.33. The molecule has 15 heavy (non-hydrogen) atoms. The summed E-state index contributed by atoms with van der Waals surface area (Å²) in [5.41, 5.74) is 7.12. The molecule has 0 atom stereocenters. The number of benzene rings is 1. The molecule has 0 aliphatic rings. The lowest BCUT2D eigenvalue weighted by molar-refractivity contribution is 0.624. The van der Waals surface area contributed by atoms with E-state index in [1.807, 2.05) is 6.07 Å². The van der Waals surface area contributed by atoms with Crippen LogP contribution in [0.15, 0.2) is 36.9 Å². The van der Waals surface area contributed by atoms with Crippen molar-refractivity contribution in [2.24, 2.45) is 5.73 Å². The molecule has 0 unspecified atom stereocenters. The van der Waals surface area contributed by atoms with E-state index in [1.165, 1.54) is 12.1 Å².